The number of rotatable bonds is 5. The highest BCUT2D eigenvalue weighted by molar-refractivity contribution is 6.36. The molecule has 1 heterocycles. The Morgan fingerprint density at radius 2 is 2.09 bits per heavy atom. The number of nitrogens with two attached hydrogens (primary N) is 1. The van der Waals surface area contributed by atoms with Crippen LogP contribution >= 0.6 is 23.2 Å². The Labute approximate surface area is 141 Å². The Bertz CT molecular complexity index is 728. The molecule has 0 fully saturated rings. The third kappa shape index (κ3) is 4.86. The minimum Gasteiger partial charge on any atom is -0.332 e. The number of quaternary nitrogens is 1. The van der Waals surface area contributed by atoms with Crippen LogP contribution in [0.3, 0.4) is 0 Å². The fourth-order valence-corrected chi connectivity index (χ4v) is 2.40. The number of carbonyl (C=O) groups is 1. The molecule has 0 unspecified atom stereocenters. The second kappa shape index (κ2) is 7.68. The summed E-state index contributed by atoms with van der Waals surface area (Å²) < 4.78 is 26.6. The lowest BCUT2D eigenvalue weighted by Crippen LogP contribution is -2.86. The molecule has 0 aliphatic carbocycles. The van der Waals surface area contributed by atoms with Crippen LogP contribution < -0.4 is 10.6 Å². The van der Waals surface area contributed by atoms with E-state index in [-0.39, 0.29) is 29.3 Å². The first-order valence-electron chi connectivity index (χ1n) is 6.76. The number of benzene rings is 1. The van der Waals surface area contributed by atoms with E-state index in [1.165, 1.54) is 24.4 Å². The minimum absolute atomic E-state index is 0.0264. The van der Waals surface area contributed by atoms with Gasteiger partial charge in [0.25, 0.3) is 5.91 Å². The van der Waals surface area contributed by atoms with Crippen LogP contribution in [0.2, 0.25) is 10.0 Å². The summed E-state index contributed by atoms with van der Waals surface area (Å²) in [6.07, 6.45) is 1.36. The molecule has 0 saturated heterocycles. The molecule has 0 aliphatic heterocycles. The highest BCUT2D eigenvalue weighted by atomic mass is 35.5. The summed E-state index contributed by atoms with van der Waals surface area (Å²) in [6, 6.07) is 4.47. The summed E-state index contributed by atoms with van der Waals surface area (Å²) in [7, 11) is 0. The van der Waals surface area contributed by atoms with Crippen LogP contribution in [-0.4, -0.2) is 17.4 Å². The van der Waals surface area contributed by atoms with E-state index in [0.717, 1.165) is 6.07 Å². The van der Waals surface area contributed by atoms with E-state index in [9.17, 15) is 13.6 Å². The van der Waals surface area contributed by atoms with Crippen LogP contribution in [0, 0.1) is 11.6 Å². The number of nitrogens with zero attached hydrogens (tertiary/aromatic N) is 1. The average molecular weight is 361 g/mol. The highest BCUT2D eigenvalue weighted by Crippen LogP contribution is 2.22. The molecule has 4 nitrogen and oxygen atoms in total. The van der Waals surface area contributed by atoms with E-state index < -0.39 is 11.6 Å². The zero-order valence-corrected chi connectivity index (χ0v) is 13.6. The molecule has 0 saturated carbocycles. The van der Waals surface area contributed by atoms with Gasteiger partial charge in [0.05, 0.1) is 10.0 Å². The van der Waals surface area contributed by atoms with Crippen LogP contribution in [-0.2, 0) is 4.79 Å². The number of hydrogen-bond donors (Lipinski definition) is 2. The van der Waals surface area contributed by atoms with Gasteiger partial charge in [-0.3, -0.25) is 4.79 Å². The Hall–Kier alpha value is -1.76. The lowest BCUT2D eigenvalue weighted by molar-refractivity contribution is -0.682. The van der Waals surface area contributed by atoms with Crippen molar-refractivity contribution >= 4 is 34.9 Å². The number of aromatic nitrogens is 1. The van der Waals surface area contributed by atoms with Crippen molar-refractivity contribution in [1.29, 1.82) is 0 Å². The monoisotopic (exact) mass is 360 g/mol. The number of hydrogen-bond acceptors (Lipinski definition) is 2. The third-order valence-corrected chi connectivity index (χ3v) is 3.67. The third-order valence-electron chi connectivity index (χ3n) is 3.18. The maximum Gasteiger partial charge on any atom is 0.280 e. The Morgan fingerprint density at radius 3 is 2.74 bits per heavy atom. The van der Waals surface area contributed by atoms with Crippen molar-refractivity contribution in [3.63, 3.8) is 0 Å². The van der Waals surface area contributed by atoms with Crippen molar-refractivity contribution in [1.82, 2.24) is 4.98 Å². The van der Waals surface area contributed by atoms with Gasteiger partial charge in [-0.05, 0) is 25.1 Å². The Kier molecular flexibility index (Phi) is 5.87. The second-order valence-corrected chi connectivity index (χ2v) is 5.77. The fraction of sp³-hybridized carbons (Fsp3) is 0.200. The molecule has 0 aliphatic rings. The van der Waals surface area contributed by atoms with E-state index in [1.807, 2.05) is 0 Å². The van der Waals surface area contributed by atoms with E-state index in [4.69, 9.17) is 23.2 Å². The molecule has 1 aromatic carbocycles. The molecule has 23 heavy (non-hydrogen) atoms. The van der Waals surface area contributed by atoms with E-state index >= 15 is 0 Å². The van der Waals surface area contributed by atoms with Crippen molar-refractivity contribution in [2.45, 2.75) is 13.0 Å². The van der Waals surface area contributed by atoms with Crippen molar-refractivity contribution < 1.29 is 18.9 Å². The van der Waals surface area contributed by atoms with Crippen LogP contribution in [0.5, 0.6) is 0 Å². The summed E-state index contributed by atoms with van der Waals surface area (Å²) in [5.41, 5.74) is 0.321. The van der Waals surface area contributed by atoms with Gasteiger partial charge in [-0.25, -0.2) is 13.8 Å². The number of carbonyl (C=O) groups excluding carboxylic acids is 1. The topological polar surface area (TPSA) is 58.6 Å². The van der Waals surface area contributed by atoms with Gasteiger partial charge in [-0.2, -0.15) is 0 Å². The van der Waals surface area contributed by atoms with Gasteiger partial charge in [0.2, 0.25) is 0 Å². The summed E-state index contributed by atoms with van der Waals surface area (Å²) in [5.74, 6) is -1.43. The van der Waals surface area contributed by atoms with E-state index in [2.05, 4.69) is 10.3 Å². The predicted octanol–water partition coefficient (Wildman–Crippen LogP) is 2.93. The molecular formula is C15H14Cl2F2N3O+. The quantitative estimate of drug-likeness (QED) is 0.861. The summed E-state index contributed by atoms with van der Waals surface area (Å²) in [4.78, 5) is 15.8. The maximum atomic E-state index is 13.7. The summed E-state index contributed by atoms with van der Waals surface area (Å²) >= 11 is 11.6. The van der Waals surface area contributed by atoms with Gasteiger partial charge >= 0.3 is 0 Å². The summed E-state index contributed by atoms with van der Waals surface area (Å²) in [6.45, 7) is 1.75. The van der Waals surface area contributed by atoms with Crippen molar-refractivity contribution in [2.24, 2.45) is 0 Å². The molecule has 0 bridgehead atoms. The zero-order chi connectivity index (χ0) is 17.0. The standard InChI is InChI=1S/C15H13Cl2F2N3O/c1-8(11-3-2-10(18)5-13(11)19)20-7-14(23)22-15-12(17)4-9(16)6-21-15/h2-6,8,20H,7H2,1H3,(H,21,22,23)/p+1/t8-/m1/s1. The average Bonchev–Trinajstić information content (AvgIpc) is 2.48. The molecule has 122 valence electrons. The van der Waals surface area contributed by atoms with Crippen molar-refractivity contribution in [2.75, 3.05) is 11.9 Å². The normalized spacial score (nSPS) is 12.0. The van der Waals surface area contributed by atoms with Gasteiger partial charge in [0.1, 0.15) is 17.7 Å². The molecule has 2 rings (SSSR count). The van der Waals surface area contributed by atoms with Gasteiger partial charge < -0.3 is 10.6 Å². The highest BCUT2D eigenvalue weighted by Gasteiger charge is 2.17. The second-order valence-electron chi connectivity index (χ2n) is 4.93. The van der Waals surface area contributed by atoms with Gasteiger partial charge in [-0.15, -0.1) is 0 Å². The molecule has 0 spiro atoms. The van der Waals surface area contributed by atoms with Crippen molar-refractivity contribution in [3.05, 3.63) is 57.7 Å². The van der Waals surface area contributed by atoms with Gasteiger partial charge in [-0.1, -0.05) is 23.2 Å². The van der Waals surface area contributed by atoms with E-state index in [0.29, 0.717) is 10.6 Å². The molecule has 2 aromatic rings. The smallest absolute Gasteiger partial charge is 0.280 e. The van der Waals surface area contributed by atoms with Gasteiger partial charge in [0, 0.05) is 17.8 Å². The summed E-state index contributed by atoms with van der Waals surface area (Å²) in [5, 5.41) is 4.75. The first-order valence-corrected chi connectivity index (χ1v) is 7.51. The number of halogens is 4. The lowest BCUT2D eigenvalue weighted by Gasteiger charge is -2.12. The fourth-order valence-electron chi connectivity index (χ4n) is 1.97. The Balaban J connectivity index is 1.93. The van der Waals surface area contributed by atoms with Crippen molar-refractivity contribution in [3.8, 4) is 0 Å². The molecule has 1 amide bonds. The molecular weight excluding hydrogens is 347 g/mol. The molecule has 1 aromatic heterocycles. The Morgan fingerprint density at radius 1 is 1.35 bits per heavy atom. The number of amides is 1. The first kappa shape index (κ1) is 17.6. The molecule has 8 heteroatoms. The van der Waals surface area contributed by atoms with E-state index in [1.54, 1.807) is 12.2 Å². The molecule has 3 N–H and O–H groups in total. The maximum absolute atomic E-state index is 13.7. The predicted molar refractivity (Wildman–Crippen MR) is 84.5 cm³/mol. The number of pyridine rings is 1. The van der Waals surface area contributed by atoms with Crippen LogP contribution in [0.25, 0.3) is 0 Å². The van der Waals surface area contributed by atoms with Crippen LogP contribution in [0.15, 0.2) is 30.5 Å². The molecule has 1 atom stereocenters. The van der Waals surface area contributed by atoms with Gasteiger partial charge in [0.15, 0.2) is 12.4 Å². The lowest BCUT2D eigenvalue weighted by atomic mass is 10.1. The number of anilines is 1. The number of nitrogens with one attached hydrogen (secondary N) is 1. The van der Waals surface area contributed by atoms with Crippen LogP contribution in [0.1, 0.15) is 18.5 Å². The SMILES string of the molecule is C[C@@H]([NH2+]CC(=O)Nc1ncc(Cl)cc1Cl)c1ccc(F)cc1F. The zero-order valence-electron chi connectivity index (χ0n) is 12.1. The first-order chi connectivity index (χ1) is 10.9. The largest absolute Gasteiger partial charge is 0.332 e. The van der Waals surface area contributed by atoms with Crippen LogP contribution in [0.4, 0.5) is 14.6 Å². The molecule has 0 radical (unpaired) electrons. The minimum atomic E-state index is -0.642.